The summed E-state index contributed by atoms with van der Waals surface area (Å²) >= 11 is 3.56. The Morgan fingerprint density at radius 3 is 2.63 bits per heavy atom. The Bertz CT molecular complexity index is 378. The number of hydrogen-bond donors (Lipinski definition) is 1. The Hall–Kier alpha value is -0.0900. The molecule has 1 heterocycles. The van der Waals surface area contributed by atoms with Gasteiger partial charge in [-0.05, 0) is 70.1 Å². The van der Waals surface area contributed by atoms with Gasteiger partial charge in [0.15, 0.2) is 0 Å². The summed E-state index contributed by atoms with van der Waals surface area (Å²) in [6.07, 6.45) is 2.64. The van der Waals surface area contributed by atoms with Gasteiger partial charge in [0.05, 0.1) is 0 Å². The Kier molecular flexibility index (Phi) is 7.37. The predicted octanol–water partition coefficient (Wildman–Crippen LogP) is 3.86. The van der Waals surface area contributed by atoms with Crippen molar-refractivity contribution < 1.29 is 0 Å². The maximum atomic E-state index is 3.56. The van der Waals surface area contributed by atoms with E-state index in [1.165, 1.54) is 42.5 Å². The summed E-state index contributed by atoms with van der Waals surface area (Å²) in [5, 5.41) is 3.30. The number of hydrogen-bond acceptors (Lipinski definition) is 2. The third-order valence-corrected chi connectivity index (χ3v) is 4.51. The normalized spacial score (nSPS) is 18.9. The Morgan fingerprint density at radius 2 is 2.05 bits per heavy atom. The molecule has 1 unspecified atom stereocenters. The first-order chi connectivity index (χ1) is 8.70. The van der Waals surface area contributed by atoms with E-state index < -0.39 is 0 Å². The van der Waals surface area contributed by atoms with Gasteiger partial charge in [0.2, 0.25) is 0 Å². The average molecular weight is 348 g/mol. The molecule has 0 bridgehead atoms. The van der Waals surface area contributed by atoms with Crippen molar-refractivity contribution >= 4 is 28.3 Å². The van der Waals surface area contributed by atoms with Gasteiger partial charge in [0.25, 0.3) is 0 Å². The van der Waals surface area contributed by atoms with Gasteiger partial charge in [-0.25, -0.2) is 0 Å². The molecule has 1 atom stereocenters. The van der Waals surface area contributed by atoms with Crippen LogP contribution in [0.5, 0.6) is 0 Å². The molecular formula is C15H24BrClN2. The Balaban J connectivity index is 0.00000180. The highest BCUT2D eigenvalue weighted by Gasteiger charge is 2.23. The van der Waals surface area contributed by atoms with E-state index in [4.69, 9.17) is 0 Å². The molecule has 0 aromatic heterocycles. The number of nitrogens with one attached hydrogen (secondary N) is 1. The molecule has 0 amide bonds. The van der Waals surface area contributed by atoms with Crippen molar-refractivity contribution in [2.45, 2.75) is 25.8 Å². The lowest BCUT2D eigenvalue weighted by atomic mass is 9.94. The largest absolute Gasteiger partial charge is 0.319 e. The summed E-state index contributed by atoms with van der Waals surface area (Å²) < 4.78 is 1.18. The lowest BCUT2D eigenvalue weighted by Crippen LogP contribution is -2.38. The fraction of sp³-hybridized carbons (Fsp3) is 0.600. The molecule has 1 aliphatic rings. The van der Waals surface area contributed by atoms with Gasteiger partial charge in [-0.1, -0.05) is 28.1 Å². The predicted molar refractivity (Wildman–Crippen MR) is 88.0 cm³/mol. The van der Waals surface area contributed by atoms with Crippen LogP contribution in [-0.2, 0) is 0 Å². The number of likely N-dealkylation sites (tertiary alicyclic amines) is 1. The van der Waals surface area contributed by atoms with Crippen molar-refractivity contribution in [2.24, 2.45) is 5.92 Å². The van der Waals surface area contributed by atoms with Crippen molar-refractivity contribution in [3.05, 3.63) is 34.3 Å². The molecule has 2 rings (SSSR count). The van der Waals surface area contributed by atoms with E-state index in [1.54, 1.807) is 0 Å². The molecule has 4 heteroatoms. The number of benzene rings is 1. The first-order valence-electron chi connectivity index (χ1n) is 6.85. The Labute approximate surface area is 131 Å². The Morgan fingerprint density at radius 1 is 1.37 bits per heavy atom. The van der Waals surface area contributed by atoms with E-state index in [0.717, 1.165) is 5.92 Å². The first-order valence-corrected chi connectivity index (χ1v) is 7.64. The maximum Gasteiger partial charge on any atom is 0.0320 e. The second-order valence-electron chi connectivity index (χ2n) is 5.27. The summed E-state index contributed by atoms with van der Waals surface area (Å²) in [7, 11) is 2.05. The van der Waals surface area contributed by atoms with E-state index in [0.29, 0.717) is 6.04 Å². The van der Waals surface area contributed by atoms with Crippen molar-refractivity contribution in [2.75, 3.05) is 26.7 Å². The highest BCUT2D eigenvalue weighted by atomic mass is 79.9. The quantitative estimate of drug-likeness (QED) is 0.889. The van der Waals surface area contributed by atoms with Crippen LogP contribution >= 0.6 is 28.3 Å². The fourth-order valence-electron chi connectivity index (χ4n) is 2.81. The van der Waals surface area contributed by atoms with E-state index in [9.17, 15) is 0 Å². The van der Waals surface area contributed by atoms with Crippen LogP contribution in [0.2, 0.25) is 0 Å². The third-order valence-electron chi connectivity index (χ3n) is 4.02. The smallest absolute Gasteiger partial charge is 0.0320 e. The molecule has 0 aliphatic carbocycles. The standard InChI is InChI=1S/C15H23BrN2.ClH/c1-12(14-4-3-5-15(16)10-14)18-8-6-13(7-9-18)11-17-2;/h3-5,10,12-13,17H,6-9,11H2,1-2H3;1H. The highest BCUT2D eigenvalue weighted by molar-refractivity contribution is 9.10. The molecular weight excluding hydrogens is 324 g/mol. The third kappa shape index (κ3) is 4.75. The number of nitrogens with zero attached hydrogens (tertiary/aromatic N) is 1. The zero-order valence-corrected chi connectivity index (χ0v) is 14.1. The SMILES string of the molecule is CNCC1CCN(C(C)c2cccc(Br)c2)CC1.Cl. The van der Waals surface area contributed by atoms with Crippen LogP contribution in [0.3, 0.4) is 0 Å². The molecule has 1 fully saturated rings. The second-order valence-corrected chi connectivity index (χ2v) is 6.18. The van der Waals surface area contributed by atoms with Crippen LogP contribution in [-0.4, -0.2) is 31.6 Å². The van der Waals surface area contributed by atoms with Crippen molar-refractivity contribution in [3.63, 3.8) is 0 Å². The number of rotatable bonds is 4. The lowest BCUT2D eigenvalue weighted by molar-refractivity contribution is 0.141. The number of halogens is 2. The summed E-state index contributed by atoms with van der Waals surface area (Å²) in [5.74, 6) is 0.862. The summed E-state index contributed by atoms with van der Waals surface area (Å²) in [4.78, 5) is 2.61. The minimum atomic E-state index is 0. The highest BCUT2D eigenvalue weighted by Crippen LogP contribution is 2.27. The molecule has 1 aromatic carbocycles. The topological polar surface area (TPSA) is 15.3 Å². The van der Waals surface area contributed by atoms with Crippen LogP contribution in [0.15, 0.2) is 28.7 Å². The summed E-state index contributed by atoms with van der Waals surface area (Å²) in [5.41, 5.74) is 1.41. The molecule has 2 nitrogen and oxygen atoms in total. The zero-order chi connectivity index (χ0) is 13.0. The van der Waals surface area contributed by atoms with E-state index in [-0.39, 0.29) is 12.4 Å². The molecule has 1 aromatic rings. The number of piperidine rings is 1. The summed E-state index contributed by atoms with van der Waals surface area (Å²) in [6, 6.07) is 9.22. The van der Waals surface area contributed by atoms with Gasteiger partial charge < -0.3 is 5.32 Å². The van der Waals surface area contributed by atoms with Crippen LogP contribution < -0.4 is 5.32 Å². The fourth-order valence-corrected chi connectivity index (χ4v) is 3.23. The zero-order valence-electron chi connectivity index (χ0n) is 11.7. The molecule has 19 heavy (non-hydrogen) atoms. The van der Waals surface area contributed by atoms with Crippen LogP contribution in [0.1, 0.15) is 31.4 Å². The van der Waals surface area contributed by atoms with Gasteiger partial charge in [-0.3, -0.25) is 4.90 Å². The monoisotopic (exact) mass is 346 g/mol. The van der Waals surface area contributed by atoms with Crippen LogP contribution in [0.25, 0.3) is 0 Å². The summed E-state index contributed by atoms with van der Waals surface area (Å²) in [6.45, 7) is 5.93. The first kappa shape index (κ1) is 17.0. The molecule has 0 saturated carbocycles. The van der Waals surface area contributed by atoms with Gasteiger partial charge in [0.1, 0.15) is 0 Å². The molecule has 1 N–H and O–H groups in total. The van der Waals surface area contributed by atoms with E-state index >= 15 is 0 Å². The lowest BCUT2D eigenvalue weighted by Gasteiger charge is -2.36. The molecule has 0 spiro atoms. The van der Waals surface area contributed by atoms with Crippen molar-refractivity contribution in [3.8, 4) is 0 Å². The second kappa shape index (κ2) is 8.25. The molecule has 0 radical (unpaired) electrons. The van der Waals surface area contributed by atoms with Crippen LogP contribution in [0, 0.1) is 5.92 Å². The van der Waals surface area contributed by atoms with Crippen molar-refractivity contribution in [1.82, 2.24) is 10.2 Å². The van der Waals surface area contributed by atoms with Gasteiger partial charge >= 0.3 is 0 Å². The van der Waals surface area contributed by atoms with Crippen LogP contribution in [0.4, 0.5) is 0 Å². The molecule has 1 aliphatic heterocycles. The minimum Gasteiger partial charge on any atom is -0.319 e. The molecule has 108 valence electrons. The van der Waals surface area contributed by atoms with E-state index in [1.807, 2.05) is 0 Å². The van der Waals surface area contributed by atoms with Crippen molar-refractivity contribution in [1.29, 1.82) is 0 Å². The minimum absolute atomic E-state index is 0. The maximum absolute atomic E-state index is 3.56. The van der Waals surface area contributed by atoms with Gasteiger partial charge in [-0.15, -0.1) is 12.4 Å². The van der Waals surface area contributed by atoms with Gasteiger partial charge in [0, 0.05) is 10.5 Å². The van der Waals surface area contributed by atoms with E-state index in [2.05, 4.69) is 64.4 Å². The molecule has 1 saturated heterocycles. The average Bonchev–Trinajstić information content (AvgIpc) is 2.39. The van der Waals surface area contributed by atoms with Gasteiger partial charge in [-0.2, -0.15) is 0 Å².